The van der Waals surface area contributed by atoms with Crippen molar-refractivity contribution >= 4 is 42.3 Å². The lowest BCUT2D eigenvalue weighted by Crippen LogP contribution is -2.06. The summed E-state index contributed by atoms with van der Waals surface area (Å²) in [5.74, 6) is 0. The van der Waals surface area contributed by atoms with Gasteiger partial charge in [-0.25, -0.2) is 0 Å². The van der Waals surface area contributed by atoms with Crippen LogP contribution in [0.5, 0.6) is 0 Å². The molecular formula is C23H25N4OP. The highest BCUT2D eigenvalue weighted by Gasteiger charge is 2.06. The molecule has 0 aliphatic heterocycles. The summed E-state index contributed by atoms with van der Waals surface area (Å²) in [7, 11) is -0.788. The molecule has 0 aliphatic rings. The summed E-state index contributed by atoms with van der Waals surface area (Å²) >= 11 is 0. The third-order valence-corrected chi connectivity index (χ3v) is 5.59. The number of nitrogen functional groups attached to an aromatic ring is 2. The Labute approximate surface area is 172 Å². The van der Waals surface area contributed by atoms with Crippen LogP contribution in [0.1, 0.15) is 5.56 Å². The molecule has 29 heavy (non-hydrogen) atoms. The molecule has 0 aromatic heterocycles. The van der Waals surface area contributed by atoms with Crippen molar-refractivity contribution in [3.05, 3.63) is 96.7 Å². The van der Waals surface area contributed by atoms with Gasteiger partial charge in [0, 0.05) is 16.7 Å². The maximum absolute atomic E-state index is 5.94. The van der Waals surface area contributed by atoms with Crippen LogP contribution in [0.25, 0.3) is 6.08 Å². The van der Waals surface area contributed by atoms with E-state index < -0.39 is 8.15 Å². The number of nitrogens with two attached hydrogens (primary N) is 2. The molecule has 3 rings (SSSR count). The zero-order valence-electron chi connectivity index (χ0n) is 16.3. The molecule has 3 aromatic carbocycles. The first-order valence-electron chi connectivity index (χ1n) is 9.12. The van der Waals surface area contributed by atoms with Crippen LogP contribution in [0.3, 0.4) is 0 Å². The van der Waals surface area contributed by atoms with Crippen LogP contribution >= 0.6 is 8.15 Å². The topological polar surface area (TPSA) is 85.3 Å². The molecule has 0 saturated heterocycles. The summed E-state index contributed by atoms with van der Waals surface area (Å²) in [4.78, 5) is 0. The molecule has 148 valence electrons. The fraction of sp³-hybridized carbons (Fsp3) is 0.0435. The summed E-state index contributed by atoms with van der Waals surface area (Å²) in [6.45, 7) is 6.08. The summed E-state index contributed by atoms with van der Waals surface area (Å²) in [6, 6.07) is 23.3. The summed E-state index contributed by atoms with van der Waals surface area (Å²) in [5, 5.41) is 4.34. The van der Waals surface area contributed by atoms with Gasteiger partial charge in [0.25, 0.3) is 0 Å². The first kappa shape index (κ1) is 20.5. The van der Waals surface area contributed by atoms with E-state index in [9.17, 15) is 0 Å². The second-order valence-electron chi connectivity index (χ2n) is 6.48. The van der Waals surface area contributed by atoms with Crippen molar-refractivity contribution in [3.63, 3.8) is 0 Å². The quantitative estimate of drug-likeness (QED) is 0.180. The molecule has 1 unspecified atom stereocenters. The molecule has 0 heterocycles. The Morgan fingerprint density at radius 2 is 1.66 bits per heavy atom. The SMILES string of the molecule is C=C(/C=C/c1ccc(P(C)ONc2ccc(N)cc2)cc1)Nc1ccccc1N. The van der Waals surface area contributed by atoms with Crippen molar-refractivity contribution in [2.45, 2.75) is 0 Å². The Balaban J connectivity index is 1.53. The first-order valence-corrected chi connectivity index (χ1v) is 10.8. The highest BCUT2D eigenvalue weighted by molar-refractivity contribution is 7.60. The smallest absolute Gasteiger partial charge is 0.0900 e. The average Bonchev–Trinajstić information content (AvgIpc) is 2.74. The monoisotopic (exact) mass is 404 g/mol. The van der Waals surface area contributed by atoms with Crippen LogP contribution in [0, 0.1) is 0 Å². The normalized spacial score (nSPS) is 11.9. The van der Waals surface area contributed by atoms with Gasteiger partial charge in [-0.2, -0.15) is 0 Å². The number of hydrogen-bond acceptors (Lipinski definition) is 5. The molecule has 3 aromatic rings. The van der Waals surface area contributed by atoms with Crippen LogP contribution in [0.15, 0.2) is 91.1 Å². The molecule has 6 heteroatoms. The van der Waals surface area contributed by atoms with Gasteiger partial charge >= 0.3 is 0 Å². The van der Waals surface area contributed by atoms with Crippen LogP contribution in [-0.4, -0.2) is 6.66 Å². The van der Waals surface area contributed by atoms with E-state index in [1.165, 1.54) is 0 Å². The van der Waals surface area contributed by atoms with Gasteiger partial charge in [-0.05, 0) is 54.7 Å². The minimum atomic E-state index is -0.788. The van der Waals surface area contributed by atoms with Crippen molar-refractivity contribution in [2.75, 3.05) is 28.9 Å². The Morgan fingerprint density at radius 3 is 2.34 bits per heavy atom. The van der Waals surface area contributed by atoms with E-state index in [0.717, 1.165) is 33.6 Å². The molecule has 0 aliphatic carbocycles. The van der Waals surface area contributed by atoms with Crippen molar-refractivity contribution < 1.29 is 4.62 Å². The van der Waals surface area contributed by atoms with E-state index in [-0.39, 0.29) is 0 Å². The Bertz CT molecular complexity index is 985. The molecular weight excluding hydrogens is 379 g/mol. The van der Waals surface area contributed by atoms with Crippen LogP contribution in [0.4, 0.5) is 22.7 Å². The average molecular weight is 404 g/mol. The lowest BCUT2D eigenvalue weighted by atomic mass is 10.2. The highest BCUT2D eigenvalue weighted by atomic mass is 31.1. The number of anilines is 4. The lowest BCUT2D eigenvalue weighted by molar-refractivity contribution is 0.459. The number of para-hydroxylation sites is 2. The number of benzene rings is 3. The van der Waals surface area contributed by atoms with E-state index in [2.05, 4.69) is 48.3 Å². The molecule has 0 spiro atoms. The van der Waals surface area contributed by atoms with Gasteiger partial charge in [-0.3, -0.25) is 10.1 Å². The van der Waals surface area contributed by atoms with Crippen LogP contribution in [0.2, 0.25) is 0 Å². The maximum atomic E-state index is 5.94. The summed E-state index contributed by atoms with van der Waals surface area (Å²) < 4.78 is 5.79. The van der Waals surface area contributed by atoms with Gasteiger partial charge in [0.2, 0.25) is 0 Å². The molecule has 6 N–H and O–H groups in total. The van der Waals surface area contributed by atoms with Gasteiger partial charge in [0.1, 0.15) is 0 Å². The fourth-order valence-electron chi connectivity index (χ4n) is 2.54. The molecule has 0 bridgehead atoms. The minimum Gasteiger partial charge on any atom is -0.399 e. The Morgan fingerprint density at radius 1 is 0.966 bits per heavy atom. The van der Waals surface area contributed by atoms with Crippen molar-refractivity contribution in [2.24, 2.45) is 0 Å². The summed E-state index contributed by atoms with van der Waals surface area (Å²) in [6.07, 6.45) is 3.93. The van der Waals surface area contributed by atoms with Crippen LogP contribution in [-0.2, 0) is 4.62 Å². The molecule has 0 amide bonds. The third-order valence-electron chi connectivity index (χ3n) is 4.20. The molecule has 0 fully saturated rings. The molecule has 1 atom stereocenters. The van der Waals surface area contributed by atoms with E-state index in [4.69, 9.17) is 16.1 Å². The lowest BCUT2D eigenvalue weighted by Gasteiger charge is -2.14. The van der Waals surface area contributed by atoms with Crippen molar-refractivity contribution in [1.82, 2.24) is 0 Å². The van der Waals surface area contributed by atoms with Gasteiger partial charge in [-0.1, -0.05) is 49.1 Å². The minimum absolute atomic E-state index is 0.690. The first-order chi connectivity index (χ1) is 14.0. The van der Waals surface area contributed by atoms with Crippen LogP contribution < -0.4 is 27.6 Å². The van der Waals surface area contributed by atoms with E-state index in [0.29, 0.717) is 5.69 Å². The zero-order chi connectivity index (χ0) is 20.6. The highest BCUT2D eigenvalue weighted by Crippen LogP contribution is 2.31. The third kappa shape index (κ3) is 6.11. The number of rotatable bonds is 8. The molecule has 0 radical (unpaired) electrons. The van der Waals surface area contributed by atoms with Gasteiger partial charge in [0.05, 0.1) is 25.2 Å². The predicted octanol–water partition coefficient (Wildman–Crippen LogP) is 5.19. The van der Waals surface area contributed by atoms with E-state index in [1.807, 2.05) is 60.7 Å². The van der Waals surface area contributed by atoms with Gasteiger partial charge < -0.3 is 16.8 Å². The Hall–Kier alpha value is -3.27. The standard InChI is InChI=1S/C23H25N4OP/c1-17(26-23-6-4-3-5-22(23)25)7-8-18-9-15-21(16-10-18)29(2)28-27-20-13-11-19(24)12-14-20/h3-16,26-27H,1,24-25H2,2H3/b8-7+. The van der Waals surface area contributed by atoms with E-state index in [1.54, 1.807) is 0 Å². The van der Waals surface area contributed by atoms with Gasteiger partial charge in [0.15, 0.2) is 0 Å². The summed E-state index contributed by atoms with van der Waals surface area (Å²) in [5.41, 5.74) is 19.6. The Kier molecular flexibility index (Phi) is 6.90. The maximum Gasteiger partial charge on any atom is 0.0900 e. The molecule has 0 saturated carbocycles. The number of hydrogen-bond donors (Lipinski definition) is 4. The zero-order valence-corrected chi connectivity index (χ0v) is 17.2. The second-order valence-corrected chi connectivity index (χ2v) is 8.17. The number of allylic oxidation sites excluding steroid dienone is 1. The second kappa shape index (κ2) is 9.78. The van der Waals surface area contributed by atoms with E-state index >= 15 is 0 Å². The fourth-order valence-corrected chi connectivity index (χ4v) is 3.46. The van der Waals surface area contributed by atoms with Crippen molar-refractivity contribution in [3.8, 4) is 0 Å². The van der Waals surface area contributed by atoms with Gasteiger partial charge in [-0.15, -0.1) is 0 Å². The predicted molar refractivity (Wildman–Crippen MR) is 127 cm³/mol. The molecule has 5 nitrogen and oxygen atoms in total. The number of nitrogens with one attached hydrogen (secondary N) is 2. The largest absolute Gasteiger partial charge is 0.399 e. The van der Waals surface area contributed by atoms with Crippen molar-refractivity contribution in [1.29, 1.82) is 0 Å².